The van der Waals surface area contributed by atoms with Crippen LogP contribution in [-0.4, -0.2) is 23.4 Å². The first kappa shape index (κ1) is 14.1. The van der Waals surface area contributed by atoms with Gasteiger partial charge in [0.2, 0.25) is 5.91 Å². The van der Waals surface area contributed by atoms with Gasteiger partial charge in [-0.15, -0.1) is 0 Å². The third kappa shape index (κ3) is 4.50. The van der Waals surface area contributed by atoms with Crippen molar-refractivity contribution in [1.82, 2.24) is 5.32 Å². The molecule has 1 atom stereocenters. The highest BCUT2D eigenvalue weighted by molar-refractivity contribution is 5.79. The minimum atomic E-state index is -0.482. The second-order valence-corrected chi connectivity index (χ2v) is 4.18. The summed E-state index contributed by atoms with van der Waals surface area (Å²) in [5.74, 6) is -0.232. The van der Waals surface area contributed by atoms with E-state index in [2.05, 4.69) is 5.32 Å². The number of carbonyl (C=O) groups excluding carboxylic acids is 1. The first-order chi connectivity index (χ1) is 8.50. The molecule has 1 aromatic carbocycles. The predicted molar refractivity (Wildman–Crippen MR) is 68.1 cm³/mol. The van der Waals surface area contributed by atoms with Gasteiger partial charge < -0.3 is 11.1 Å². The molecule has 3 N–H and O–H groups in total. The van der Waals surface area contributed by atoms with Crippen LogP contribution in [0.1, 0.15) is 18.9 Å². The van der Waals surface area contributed by atoms with Crippen LogP contribution < -0.4 is 11.1 Å². The molecular weight excluding hydrogens is 234 g/mol. The summed E-state index contributed by atoms with van der Waals surface area (Å²) < 4.78 is 0. The number of carbonyl (C=O) groups is 1. The SMILES string of the molecule is CC(N)CCNC(=O)Cc1ccccc1[N+](=O)[O-]. The van der Waals surface area contributed by atoms with Gasteiger partial charge in [-0.05, 0) is 13.3 Å². The van der Waals surface area contributed by atoms with Crippen LogP contribution >= 0.6 is 0 Å². The average molecular weight is 251 g/mol. The molecule has 0 aliphatic carbocycles. The van der Waals surface area contributed by atoms with E-state index < -0.39 is 4.92 Å². The Morgan fingerprint density at radius 1 is 1.50 bits per heavy atom. The van der Waals surface area contributed by atoms with Gasteiger partial charge in [-0.25, -0.2) is 0 Å². The molecule has 0 saturated carbocycles. The highest BCUT2D eigenvalue weighted by atomic mass is 16.6. The number of nitro groups is 1. The molecule has 0 aromatic heterocycles. The van der Waals surface area contributed by atoms with Crippen molar-refractivity contribution in [1.29, 1.82) is 0 Å². The van der Waals surface area contributed by atoms with Gasteiger partial charge in [-0.2, -0.15) is 0 Å². The molecule has 1 rings (SSSR count). The molecule has 6 heteroatoms. The molecule has 1 aromatic rings. The number of hydrogen-bond donors (Lipinski definition) is 2. The molecule has 6 nitrogen and oxygen atoms in total. The molecular formula is C12H17N3O3. The second kappa shape index (κ2) is 6.70. The van der Waals surface area contributed by atoms with Gasteiger partial charge in [0.25, 0.3) is 5.69 Å². The van der Waals surface area contributed by atoms with Crippen LogP contribution in [0.4, 0.5) is 5.69 Å². The number of rotatable bonds is 6. The summed E-state index contributed by atoms with van der Waals surface area (Å²) in [5.41, 5.74) is 5.94. The zero-order valence-electron chi connectivity index (χ0n) is 10.3. The van der Waals surface area contributed by atoms with Crippen molar-refractivity contribution in [2.24, 2.45) is 5.73 Å². The van der Waals surface area contributed by atoms with Crippen LogP contribution in [0.5, 0.6) is 0 Å². The maximum atomic E-state index is 11.6. The maximum absolute atomic E-state index is 11.6. The van der Waals surface area contributed by atoms with Gasteiger partial charge >= 0.3 is 0 Å². The lowest BCUT2D eigenvalue weighted by Crippen LogP contribution is -2.30. The molecule has 0 aliphatic rings. The van der Waals surface area contributed by atoms with Gasteiger partial charge in [0.05, 0.1) is 11.3 Å². The Morgan fingerprint density at radius 3 is 2.78 bits per heavy atom. The van der Waals surface area contributed by atoms with Crippen LogP contribution in [-0.2, 0) is 11.2 Å². The lowest BCUT2D eigenvalue weighted by atomic mass is 10.1. The van der Waals surface area contributed by atoms with E-state index in [1.165, 1.54) is 6.07 Å². The summed E-state index contributed by atoms with van der Waals surface area (Å²) in [4.78, 5) is 21.9. The van der Waals surface area contributed by atoms with Gasteiger partial charge in [0, 0.05) is 24.2 Å². The van der Waals surface area contributed by atoms with E-state index in [4.69, 9.17) is 5.73 Å². The number of hydrogen-bond acceptors (Lipinski definition) is 4. The first-order valence-corrected chi connectivity index (χ1v) is 5.75. The van der Waals surface area contributed by atoms with Crippen molar-refractivity contribution in [3.8, 4) is 0 Å². The maximum Gasteiger partial charge on any atom is 0.273 e. The number of para-hydroxylation sites is 1. The van der Waals surface area contributed by atoms with E-state index in [-0.39, 0.29) is 24.1 Å². The van der Waals surface area contributed by atoms with E-state index in [0.717, 1.165) is 0 Å². The smallest absolute Gasteiger partial charge is 0.273 e. The highest BCUT2D eigenvalue weighted by Crippen LogP contribution is 2.17. The Morgan fingerprint density at radius 2 is 2.17 bits per heavy atom. The Kier molecular flexibility index (Phi) is 5.26. The molecule has 0 spiro atoms. The predicted octanol–water partition coefficient (Wildman–Crippen LogP) is 0.991. The largest absolute Gasteiger partial charge is 0.356 e. The molecule has 1 unspecified atom stereocenters. The molecule has 98 valence electrons. The van der Waals surface area contributed by atoms with Gasteiger partial charge in [0.1, 0.15) is 0 Å². The number of nitrogens with two attached hydrogens (primary N) is 1. The molecule has 0 radical (unpaired) electrons. The van der Waals surface area contributed by atoms with Crippen LogP contribution in [0, 0.1) is 10.1 Å². The van der Waals surface area contributed by atoms with Crippen molar-refractivity contribution in [3.05, 3.63) is 39.9 Å². The van der Waals surface area contributed by atoms with Crippen LogP contribution in [0.25, 0.3) is 0 Å². The normalized spacial score (nSPS) is 11.9. The van der Waals surface area contributed by atoms with Crippen LogP contribution in [0.2, 0.25) is 0 Å². The highest BCUT2D eigenvalue weighted by Gasteiger charge is 2.15. The van der Waals surface area contributed by atoms with Gasteiger partial charge in [-0.3, -0.25) is 14.9 Å². The number of benzene rings is 1. The van der Waals surface area contributed by atoms with Crippen LogP contribution in [0.15, 0.2) is 24.3 Å². The molecule has 0 aliphatic heterocycles. The van der Waals surface area contributed by atoms with Gasteiger partial charge in [-0.1, -0.05) is 18.2 Å². The van der Waals surface area contributed by atoms with Crippen molar-refractivity contribution in [2.75, 3.05) is 6.54 Å². The molecule has 0 fully saturated rings. The Hall–Kier alpha value is -1.95. The summed E-state index contributed by atoms with van der Waals surface area (Å²) in [7, 11) is 0. The average Bonchev–Trinajstić information content (AvgIpc) is 2.28. The molecule has 0 bridgehead atoms. The van der Waals surface area contributed by atoms with E-state index >= 15 is 0 Å². The van der Waals surface area contributed by atoms with Crippen LogP contribution in [0.3, 0.4) is 0 Å². The fraction of sp³-hybridized carbons (Fsp3) is 0.417. The number of amides is 1. The molecule has 0 saturated heterocycles. The Labute approximate surface area is 105 Å². The first-order valence-electron chi connectivity index (χ1n) is 5.75. The third-order valence-electron chi connectivity index (χ3n) is 2.46. The second-order valence-electron chi connectivity index (χ2n) is 4.18. The van der Waals surface area contributed by atoms with Gasteiger partial charge in [0.15, 0.2) is 0 Å². The molecule has 1 amide bonds. The number of nitro benzene ring substituents is 1. The minimum Gasteiger partial charge on any atom is -0.356 e. The van der Waals surface area contributed by atoms with E-state index in [1.54, 1.807) is 18.2 Å². The van der Waals surface area contributed by atoms with E-state index in [0.29, 0.717) is 18.5 Å². The number of nitrogens with zero attached hydrogens (tertiary/aromatic N) is 1. The summed E-state index contributed by atoms with van der Waals surface area (Å²) in [6.45, 7) is 2.34. The summed E-state index contributed by atoms with van der Waals surface area (Å²) in [6.07, 6.45) is 0.693. The Bertz CT molecular complexity index is 432. The van der Waals surface area contributed by atoms with Crippen molar-refractivity contribution >= 4 is 11.6 Å². The lowest BCUT2D eigenvalue weighted by molar-refractivity contribution is -0.385. The van der Waals surface area contributed by atoms with E-state index in [1.807, 2.05) is 6.92 Å². The number of nitrogens with one attached hydrogen (secondary N) is 1. The van der Waals surface area contributed by atoms with Crippen molar-refractivity contribution in [3.63, 3.8) is 0 Å². The lowest BCUT2D eigenvalue weighted by Gasteiger charge is -2.07. The summed E-state index contributed by atoms with van der Waals surface area (Å²) in [6, 6.07) is 6.26. The minimum absolute atomic E-state index is 0.0100. The topological polar surface area (TPSA) is 98.3 Å². The van der Waals surface area contributed by atoms with E-state index in [9.17, 15) is 14.9 Å². The van der Waals surface area contributed by atoms with Crippen molar-refractivity contribution < 1.29 is 9.72 Å². The fourth-order valence-corrected chi connectivity index (χ4v) is 1.51. The zero-order valence-corrected chi connectivity index (χ0v) is 10.3. The summed E-state index contributed by atoms with van der Waals surface area (Å²) >= 11 is 0. The third-order valence-corrected chi connectivity index (χ3v) is 2.46. The Balaban J connectivity index is 2.56. The monoisotopic (exact) mass is 251 g/mol. The van der Waals surface area contributed by atoms with Crippen molar-refractivity contribution in [2.45, 2.75) is 25.8 Å². The molecule has 18 heavy (non-hydrogen) atoms. The summed E-state index contributed by atoms with van der Waals surface area (Å²) in [5, 5.41) is 13.5. The molecule has 0 heterocycles. The standard InChI is InChI=1S/C12H17N3O3/c1-9(13)6-7-14-12(16)8-10-4-2-3-5-11(10)15(17)18/h2-5,9H,6-8,13H2,1H3,(H,14,16). The fourth-order valence-electron chi connectivity index (χ4n) is 1.51. The zero-order chi connectivity index (χ0) is 13.5. The quantitative estimate of drug-likeness (QED) is 0.581.